The van der Waals surface area contributed by atoms with Crippen molar-refractivity contribution < 1.29 is 0 Å². The molecule has 6 heteroatoms. The molecule has 1 saturated carbocycles. The van der Waals surface area contributed by atoms with Crippen molar-refractivity contribution in [3.05, 3.63) is 6.33 Å². The molecule has 0 amide bonds. The smallest absolute Gasteiger partial charge is 0.224 e. The molecule has 1 saturated heterocycles. The molecule has 100 valence electrons. The van der Waals surface area contributed by atoms with Crippen molar-refractivity contribution in [3.63, 3.8) is 0 Å². The Kier molecular flexibility index (Phi) is 2.36. The Morgan fingerprint density at radius 2 is 2.00 bits per heavy atom. The fourth-order valence-corrected chi connectivity index (χ4v) is 2.81. The Bertz CT molecular complexity index is 609. The van der Waals surface area contributed by atoms with E-state index in [1.807, 2.05) is 6.33 Å². The van der Waals surface area contributed by atoms with Gasteiger partial charge in [-0.2, -0.15) is 9.97 Å². The van der Waals surface area contributed by atoms with Gasteiger partial charge in [0.2, 0.25) is 5.95 Å². The standard InChI is InChI=1S/C13H18N6/c14-13-16-11(18-5-1-2-6-18)10-12(17-13)19(8-15-10)7-9-3-4-9/h8-9H,1-7H2,(H2,14,16,17). The summed E-state index contributed by atoms with van der Waals surface area (Å²) in [6.45, 7) is 3.09. The molecule has 4 rings (SSSR count). The minimum atomic E-state index is 0.354. The van der Waals surface area contributed by atoms with Crippen LogP contribution in [0.2, 0.25) is 0 Å². The highest BCUT2D eigenvalue weighted by atomic mass is 15.3. The van der Waals surface area contributed by atoms with E-state index in [4.69, 9.17) is 5.73 Å². The highest BCUT2D eigenvalue weighted by molar-refractivity contribution is 5.84. The van der Waals surface area contributed by atoms with Crippen LogP contribution in [0, 0.1) is 5.92 Å². The van der Waals surface area contributed by atoms with Gasteiger partial charge in [-0.1, -0.05) is 0 Å². The highest BCUT2D eigenvalue weighted by Crippen LogP contribution is 2.32. The van der Waals surface area contributed by atoms with Crippen molar-refractivity contribution in [1.82, 2.24) is 19.5 Å². The summed E-state index contributed by atoms with van der Waals surface area (Å²) in [6.07, 6.45) is 6.96. The van der Waals surface area contributed by atoms with E-state index >= 15 is 0 Å². The third-order valence-electron chi connectivity index (χ3n) is 4.02. The number of nitrogens with two attached hydrogens (primary N) is 1. The van der Waals surface area contributed by atoms with Gasteiger partial charge in [-0.3, -0.25) is 0 Å². The van der Waals surface area contributed by atoms with Gasteiger partial charge in [0.15, 0.2) is 17.0 Å². The van der Waals surface area contributed by atoms with Crippen LogP contribution in [0.25, 0.3) is 11.2 Å². The molecule has 2 aromatic heterocycles. The molecule has 0 aromatic carbocycles. The maximum Gasteiger partial charge on any atom is 0.224 e. The number of hydrogen-bond acceptors (Lipinski definition) is 5. The first kappa shape index (κ1) is 11.0. The van der Waals surface area contributed by atoms with Gasteiger partial charge in [0.05, 0.1) is 6.33 Å². The van der Waals surface area contributed by atoms with Crippen molar-refractivity contribution in [2.75, 3.05) is 23.7 Å². The molecule has 2 aliphatic rings. The van der Waals surface area contributed by atoms with Crippen LogP contribution in [0.5, 0.6) is 0 Å². The molecular weight excluding hydrogens is 240 g/mol. The number of nitrogen functional groups attached to an aromatic ring is 1. The lowest BCUT2D eigenvalue weighted by atomic mass is 10.4. The molecule has 2 aromatic rings. The second-order valence-electron chi connectivity index (χ2n) is 5.61. The van der Waals surface area contributed by atoms with Crippen LogP contribution in [0.3, 0.4) is 0 Å². The Labute approximate surface area is 111 Å². The van der Waals surface area contributed by atoms with Crippen molar-refractivity contribution in [2.45, 2.75) is 32.2 Å². The maximum atomic E-state index is 5.88. The topological polar surface area (TPSA) is 72.9 Å². The lowest BCUT2D eigenvalue weighted by Gasteiger charge is -2.16. The summed E-state index contributed by atoms with van der Waals surface area (Å²) < 4.78 is 2.13. The van der Waals surface area contributed by atoms with Gasteiger partial charge in [-0.25, -0.2) is 4.98 Å². The molecule has 0 atom stereocenters. The first-order valence-electron chi connectivity index (χ1n) is 7.04. The number of imidazole rings is 1. The van der Waals surface area contributed by atoms with Crippen LogP contribution >= 0.6 is 0 Å². The summed E-state index contributed by atoms with van der Waals surface area (Å²) in [5, 5.41) is 0. The van der Waals surface area contributed by atoms with E-state index in [-0.39, 0.29) is 0 Å². The Morgan fingerprint density at radius 3 is 2.74 bits per heavy atom. The maximum absolute atomic E-state index is 5.88. The summed E-state index contributed by atoms with van der Waals surface area (Å²) in [5.74, 6) is 2.06. The molecule has 0 spiro atoms. The number of hydrogen-bond donors (Lipinski definition) is 1. The van der Waals surface area contributed by atoms with Gasteiger partial charge in [0, 0.05) is 19.6 Å². The van der Waals surface area contributed by atoms with Gasteiger partial charge in [0.25, 0.3) is 0 Å². The van der Waals surface area contributed by atoms with Crippen LogP contribution in [0.15, 0.2) is 6.33 Å². The quantitative estimate of drug-likeness (QED) is 0.901. The monoisotopic (exact) mass is 258 g/mol. The molecule has 1 aliphatic carbocycles. The number of rotatable bonds is 3. The molecule has 0 radical (unpaired) electrons. The lowest BCUT2D eigenvalue weighted by Crippen LogP contribution is -2.20. The average molecular weight is 258 g/mol. The second-order valence-corrected chi connectivity index (χ2v) is 5.61. The SMILES string of the molecule is Nc1nc(N2CCCC2)c2ncn(CC3CC3)c2n1. The molecule has 2 fully saturated rings. The summed E-state index contributed by atoms with van der Waals surface area (Å²) in [4.78, 5) is 15.6. The Morgan fingerprint density at radius 1 is 1.21 bits per heavy atom. The molecule has 2 N–H and O–H groups in total. The van der Waals surface area contributed by atoms with Gasteiger partial charge >= 0.3 is 0 Å². The first-order valence-corrected chi connectivity index (χ1v) is 7.04. The van der Waals surface area contributed by atoms with Crippen molar-refractivity contribution in [3.8, 4) is 0 Å². The summed E-state index contributed by atoms with van der Waals surface area (Å²) in [6, 6.07) is 0. The van der Waals surface area contributed by atoms with Crippen molar-refractivity contribution >= 4 is 22.9 Å². The molecule has 1 aliphatic heterocycles. The van der Waals surface area contributed by atoms with Crippen molar-refractivity contribution in [2.24, 2.45) is 5.92 Å². The van der Waals surface area contributed by atoms with E-state index in [1.165, 1.54) is 25.7 Å². The highest BCUT2D eigenvalue weighted by Gasteiger charge is 2.25. The summed E-state index contributed by atoms with van der Waals surface area (Å²) in [7, 11) is 0. The number of aromatic nitrogens is 4. The van der Waals surface area contributed by atoms with E-state index in [0.717, 1.165) is 42.5 Å². The van der Waals surface area contributed by atoms with E-state index in [0.29, 0.717) is 5.95 Å². The van der Waals surface area contributed by atoms with Crippen molar-refractivity contribution in [1.29, 1.82) is 0 Å². The average Bonchev–Trinajstić information content (AvgIpc) is 2.90. The summed E-state index contributed by atoms with van der Waals surface area (Å²) in [5.41, 5.74) is 7.67. The van der Waals surface area contributed by atoms with Crippen LogP contribution < -0.4 is 10.6 Å². The minimum Gasteiger partial charge on any atom is -0.368 e. The largest absolute Gasteiger partial charge is 0.368 e. The minimum absolute atomic E-state index is 0.354. The molecule has 3 heterocycles. The second kappa shape index (κ2) is 4.08. The molecule has 19 heavy (non-hydrogen) atoms. The normalized spacial score (nSPS) is 19.5. The van der Waals surface area contributed by atoms with E-state index in [2.05, 4.69) is 24.4 Å². The fraction of sp³-hybridized carbons (Fsp3) is 0.615. The predicted octanol–water partition coefficient (Wildman–Crippen LogP) is 1.42. The summed E-state index contributed by atoms with van der Waals surface area (Å²) >= 11 is 0. The van der Waals surface area contributed by atoms with Crippen LogP contribution in [0.1, 0.15) is 25.7 Å². The molecule has 0 bridgehead atoms. The third kappa shape index (κ3) is 1.91. The lowest BCUT2D eigenvalue weighted by molar-refractivity contribution is 0.638. The van der Waals surface area contributed by atoms with E-state index < -0.39 is 0 Å². The zero-order chi connectivity index (χ0) is 12.8. The predicted molar refractivity (Wildman–Crippen MR) is 73.9 cm³/mol. The number of nitrogens with zero attached hydrogens (tertiary/aromatic N) is 5. The van der Waals surface area contributed by atoms with E-state index in [1.54, 1.807) is 0 Å². The number of anilines is 2. The number of fused-ring (bicyclic) bond motifs is 1. The fourth-order valence-electron chi connectivity index (χ4n) is 2.81. The molecule has 0 unspecified atom stereocenters. The zero-order valence-corrected chi connectivity index (χ0v) is 10.9. The third-order valence-corrected chi connectivity index (χ3v) is 4.02. The Balaban J connectivity index is 1.81. The van der Waals surface area contributed by atoms with Crippen LogP contribution in [-0.2, 0) is 6.54 Å². The zero-order valence-electron chi connectivity index (χ0n) is 10.9. The van der Waals surface area contributed by atoms with Gasteiger partial charge in [0.1, 0.15) is 0 Å². The first-order chi connectivity index (χ1) is 9.31. The van der Waals surface area contributed by atoms with E-state index in [9.17, 15) is 0 Å². The van der Waals surface area contributed by atoms with Gasteiger partial charge in [-0.15, -0.1) is 0 Å². The molecule has 6 nitrogen and oxygen atoms in total. The van der Waals surface area contributed by atoms with Gasteiger partial charge in [-0.05, 0) is 31.6 Å². The Hall–Kier alpha value is -1.85. The van der Waals surface area contributed by atoms with Crippen LogP contribution in [0.4, 0.5) is 11.8 Å². The molecular formula is C13H18N6. The van der Waals surface area contributed by atoms with Gasteiger partial charge < -0.3 is 15.2 Å². The van der Waals surface area contributed by atoms with Crippen LogP contribution in [-0.4, -0.2) is 32.6 Å².